The van der Waals surface area contributed by atoms with Crippen LogP contribution in [0.2, 0.25) is 15.1 Å². The lowest BCUT2D eigenvalue weighted by molar-refractivity contribution is -0.120. The zero-order valence-corrected chi connectivity index (χ0v) is 31.9. The quantitative estimate of drug-likeness (QED) is 0.0968. The van der Waals surface area contributed by atoms with Crippen LogP contribution in [0.25, 0.3) is 44.5 Å². The van der Waals surface area contributed by atoms with Crippen LogP contribution >= 0.6 is 34.8 Å². The molecule has 0 radical (unpaired) electrons. The highest BCUT2D eigenvalue weighted by Gasteiger charge is 2.24. The first-order valence-corrected chi connectivity index (χ1v) is 18.8. The maximum atomic E-state index is 15.6. The number of hydrogen-bond acceptors (Lipinski definition) is 8. The van der Waals surface area contributed by atoms with Gasteiger partial charge in [0.1, 0.15) is 11.6 Å². The normalized spacial score (nSPS) is 16.9. The van der Waals surface area contributed by atoms with Crippen molar-refractivity contribution >= 4 is 57.5 Å². The predicted molar refractivity (Wildman–Crippen MR) is 210 cm³/mol. The number of carbonyl (C=O) groups excluding carboxylic acids is 2. The molecule has 7 rings (SSSR count). The van der Waals surface area contributed by atoms with Gasteiger partial charge in [-0.05, 0) is 31.0 Å². The second-order valence-corrected chi connectivity index (χ2v) is 14.5. The summed E-state index contributed by atoms with van der Waals surface area (Å²) in [7, 11) is 3.05. The van der Waals surface area contributed by atoms with Crippen molar-refractivity contribution in [2.45, 2.75) is 50.9 Å². The van der Waals surface area contributed by atoms with Gasteiger partial charge in [0.25, 0.3) is 0 Å². The van der Waals surface area contributed by atoms with Gasteiger partial charge < -0.3 is 30.7 Å². The van der Waals surface area contributed by atoms with E-state index in [4.69, 9.17) is 49.3 Å². The molecule has 0 saturated carbocycles. The van der Waals surface area contributed by atoms with Crippen LogP contribution in [0.5, 0.6) is 11.6 Å². The fourth-order valence-electron chi connectivity index (χ4n) is 7.08. The molecule has 2 saturated heterocycles. The molecule has 4 N–H and O–H groups in total. The molecule has 10 nitrogen and oxygen atoms in total. The van der Waals surface area contributed by atoms with Crippen LogP contribution < -0.4 is 30.7 Å². The number of aromatic nitrogens is 2. The Morgan fingerprint density at radius 2 is 1.35 bits per heavy atom. The Morgan fingerprint density at radius 3 is 1.93 bits per heavy atom. The standard InChI is InChI=1S/C40H38Cl3FN6O4/c1-53-39-21(17-45-18-22-9-13-34(51)47-22)15-30(41)38-28(39)11-12-32(49-38)26-7-3-5-24(36(26)42)25-6-4-8-27(37(25)43)33-16-31(44)29(40(50-33)54-2)20-46-19-23-10-14-35(52)48-23/h3-8,11-12,15-16,22-23,45-46H,9-10,13-14,17-20H2,1-2H3,(H,47,51)(H,48,52)/t22-,23-/m0/s1. The maximum absolute atomic E-state index is 15.6. The second kappa shape index (κ2) is 16.5. The third kappa shape index (κ3) is 7.83. The molecule has 2 amide bonds. The van der Waals surface area contributed by atoms with E-state index in [1.165, 1.54) is 13.2 Å². The lowest BCUT2D eigenvalue weighted by atomic mass is 9.97. The number of carbonyl (C=O) groups is 2. The molecule has 54 heavy (non-hydrogen) atoms. The average Bonchev–Trinajstić information content (AvgIpc) is 3.79. The molecule has 3 aromatic carbocycles. The zero-order valence-electron chi connectivity index (χ0n) is 29.6. The molecule has 2 aliphatic heterocycles. The molecule has 4 heterocycles. The number of hydrogen-bond donors (Lipinski definition) is 4. The molecule has 0 unspecified atom stereocenters. The molecule has 280 valence electrons. The van der Waals surface area contributed by atoms with Gasteiger partial charge in [-0.3, -0.25) is 9.59 Å². The van der Waals surface area contributed by atoms with Gasteiger partial charge in [-0.2, -0.15) is 0 Å². The number of nitrogens with one attached hydrogen (secondary N) is 4. The molecule has 5 aromatic rings. The number of benzene rings is 3. The van der Waals surface area contributed by atoms with Crippen molar-refractivity contribution in [1.82, 2.24) is 31.2 Å². The molecular formula is C40H38Cl3FN6O4. The van der Waals surface area contributed by atoms with Gasteiger partial charge in [-0.15, -0.1) is 0 Å². The number of pyridine rings is 2. The van der Waals surface area contributed by atoms with Gasteiger partial charge >= 0.3 is 0 Å². The largest absolute Gasteiger partial charge is 0.496 e. The smallest absolute Gasteiger partial charge is 0.221 e. The first-order valence-electron chi connectivity index (χ1n) is 17.6. The highest BCUT2D eigenvalue weighted by Crippen LogP contribution is 2.43. The number of fused-ring (bicyclic) bond motifs is 1. The van der Waals surface area contributed by atoms with Crippen LogP contribution in [0.4, 0.5) is 4.39 Å². The zero-order chi connectivity index (χ0) is 37.9. The summed E-state index contributed by atoms with van der Waals surface area (Å²) in [6.07, 6.45) is 2.58. The number of nitrogens with zero attached hydrogens (tertiary/aromatic N) is 2. The Bertz CT molecular complexity index is 2260. The summed E-state index contributed by atoms with van der Waals surface area (Å²) >= 11 is 21.0. The van der Waals surface area contributed by atoms with Crippen LogP contribution in [-0.4, -0.2) is 61.2 Å². The van der Waals surface area contributed by atoms with Crippen molar-refractivity contribution in [2.24, 2.45) is 0 Å². The molecule has 0 aliphatic carbocycles. The number of rotatable bonds is 13. The summed E-state index contributed by atoms with van der Waals surface area (Å²) in [5.41, 5.74) is 5.05. The van der Waals surface area contributed by atoms with Crippen LogP contribution in [0.3, 0.4) is 0 Å². The van der Waals surface area contributed by atoms with E-state index >= 15 is 4.39 Å². The molecule has 14 heteroatoms. The Morgan fingerprint density at radius 1 is 0.759 bits per heavy atom. The Labute approximate surface area is 327 Å². The first-order chi connectivity index (χ1) is 26.1. The number of amides is 2. The van der Waals surface area contributed by atoms with Crippen molar-refractivity contribution in [3.05, 3.63) is 92.7 Å². The van der Waals surface area contributed by atoms with Crippen molar-refractivity contribution in [1.29, 1.82) is 0 Å². The topological polar surface area (TPSA) is 126 Å². The van der Waals surface area contributed by atoms with Crippen LogP contribution in [0.1, 0.15) is 36.8 Å². The predicted octanol–water partition coefficient (Wildman–Crippen LogP) is 7.48. The summed E-state index contributed by atoms with van der Waals surface area (Å²) < 4.78 is 26.9. The lowest BCUT2D eigenvalue weighted by Gasteiger charge is -2.17. The van der Waals surface area contributed by atoms with E-state index in [0.717, 1.165) is 23.8 Å². The lowest BCUT2D eigenvalue weighted by Crippen LogP contribution is -2.35. The summed E-state index contributed by atoms with van der Waals surface area (Å²) in [6, 6.07) is 18.1. The van der Waals surface area contributed by atoms with Crippen molar-refractivity contribution in [3.8, 4) is 45.3 Å². The van der Waals surface area contributed by atoms with Crippen molar-refractivity contribution in [3.63, 3.8) is 0 Å². The number of halogens is 4. The monoisotopic (exact) mass is 790 g/mol. The summed E-state index contributed by atoms with van der Waals surface area (Å²) in [5, 5.41) is 14.4. The minimum Gasteiger partial charge on any atom is -0.496 e. The minimum atomic E-state index is -0.499. The van der Waals surface area contributed by atoms with E-state index in [9.17, 15) is 9.59 Å². The first kappa shape index (κ1) is 37.8. The summed E-state index contributed by atoms with van der Waals surface area (Å²) in [4.78, 5) is 32.7. The van der Waals surface area contributed by atoms with E-state index < -0.39 is 5.82 Å². The van der Waals surface area contributed by atoms with Crippen molar-refractivity contribution < 1.29 is 23.5 Å². The molecule has 0 spiro atoms. The van der Waals surface area contributed by atoms with Gasteiger partial charge in [-0.25, -0.2) is 14.4 Å². The summed E-state index contributed by atoms with van der Waals surface area (Å²) in [6.45, 7) is 1.81. The van der Waals surface area contributed by atoms with E-state index in [1.807, 2.05) is 48.5 Å². The summed E-state index contributed by atoms with van der Waals surface area (Å²) in [5.74, 6) is 0.390. The molecular weight excluding hydrogens is 754 g/mol. The number of ether oxygens (including phenoxy) is 2. The average molecular weight is 792 g/mol. The van der Waals surface area contributed by atoms with E-state index in [2.05, 4.69) is 26.3 Å². The van der Waals surface area contributed by atoms with E-state index in [0.29, 0.717) is 92.5 Å². The highest BCUT2D eigenvalue weighted by molar-refractivity contribution is 6.39. The fourth-order valence-corrected chi connectivity index (χ4v) is 8.01. The van der Waals surface area contributed by atoms with Gasteiger partial charge in [0.05, 0.1) is 51.8 Å². The Balaban J connectivity index is 1.15. The molecule has 2 fully saturated rings. The second-order valence-electron chi connectivity index (χ2n) is 13.3. The number of methoxy groups -OCH3 is 2. The van der Waals surface area contributed by atoms with Crippen LogP contribution in [0.15, 0.2) is 60.7 Å². The third-order valence-electron chi connectivity index (χ3n) is 9.80. The Kier molecular flexibility index (Phi) is 11.5. The minimum absolute atomic E-state index is 0.00467. The highest BCUT2D eigenvalue weighted by atomic mass is 35.5. The van der Waals surface area contributed by atoms with Crippen LogP contribution in [-0.2, 0) is 22.7 Å². The molecule has 2 aromatic heterocycles. The van der Waals surface area contributed by atoms with E-state index in [-0.39, 0.29) is 41.9 Å². The molecule has 2 atom stereocenters. The van der Waals surface area contributed by atoms with E-state index in [1.54, 1.807) is 13.2 Å². The molecule has 0 bridgehead atoms. The van der Waals surface area contributed by atoms with Gasteiger partial charge in [-0.1, -0.05) is 71.2 Å². The maximum Gasteiger partial charge on any atom is 0.221 e. The van der Waals surface area contributed by atoms with Crippen LogP contribution in [0, 0.1) is 5.82 Å². The van der Waals surface area contributed by atoms with Gasteiger partial charge in [0, 0.05) is 90.4 Å². The van der Waals surface area contributed by atoms with Gasteiger partial charge in [0.2, 0.25) is 17.7 Å². The van der Waals surface area contributed by atoms with Crippen molar-refractivity contribution in [2.75, 3.05) is 27.3 Å². The third-order valence-corrected chi connectivity index (χ3v) is 10.9. The SMILES string of the molecule is COc1nc(-c2cccc(-c3cccc(-c4ccc5c(OC)c(CNC[C@@H]6CCC(=O)N6)cc(Cl)c5n4)c3Cl)c2Cl)cc(F)c1CNC[C@@H]1CCC(=O)N1. The molecule has 2 aliphatic rings. The Hall–Kier alpha value is -4.52. The van der Waals surface area contributed by atoms with Gasteiger partial charge in [0.15, 0.2) is 0 Å². The fraction of sp³-hybridized carbons (Fsp3) is 0.300.